The lowest BCUT2D eigenvalue weighted by Crippen LogP contribution is -2.61. The van der Waals surface area contributed by atoms with E-state index in [0.29, 0.717) is 17.7 Å². The van der Waals surface area contributed by atoms with Crippen LogP contribution in [-0.4, -0.2) is 73.0 Å². The summed E-state index contributed by atoms with van der Waals surface area (Å²) < 4.78 is 0. The Morgan fingerprint density at radius 3 is 2.21 bits per heavy atom. The minimum Gasteiger partial charge on any atom is -0.343 e. The number of likely N-dealkylation sites (tertiary alicyclic amines) is 3. The van der Waals surface area contributed by atoms with Crippen molar-refractivity contribution < 1.29 is 4.79 Å². The second-order valence-corrected chi connectivity index (χ2v) is 9.04. The Bertz CT molecular complexity index is 413. The molecule has 24 heavy (non-hydrogen) atoms. The fraction of sp³-hybridized carbons (Fsp3) is 0.950. The Kier molecular flexibility index (Phi) is 5.86. The highest BCUT2D eigenvalue weighted by atomic mass is 16.2. The number of nitrogens with zero attached hydrogens (tertiary/aromatic N) is 3. The first-order valence-electron chi connectivity index (χ1n) is 10.2. The Morgan fingerprint density at radius 1 is 1.04 bits per heavy atom. The van der Waals surface area contributed by atoms with Crippen LogP contribution in [0.3, 0.4) is 0 Å². The van der Waals surface area contributed by atoms with Crippen LogP contribution in [0, 0.1) is 17.3 Å². The topological polar surface area (TPSA) is 26.8 Å². The van der Waals surface area contributed by atoms with Crippen molar-refractivity contribution in [1.29, 1.82) is 0 Å². The minimum atomic E-state index is 0.342. The normalized spacial score (nSPS) is 26.1. The number of hydrogen-bond donors (Lipinski definition) is 0. The minimum absolute atomic E-state index is 0.342. The third-order valence-corrected chi connectivity index (χ3v) is 6.44. The van der Waals surface area contributed by atoms with Crippen LogP contribution in [0.2, 0.25) is 0 Å². The van der Waals surface area contributed by atoms with Gasteiger partial charge in [0.1, 0.15) is 0 Å². The van der Waals surface area contributed by atoms with Crippen molar-refractivity contribution >= 4 is 5.91 Å². The summed E-state index contributed by atoms with van der Waals surface area (Å²) in [5.74, 6) is 2.05. The van der Waals surface area contributed by atoms with Gasteiger partial charge >= 0.3 is 0 Å². The SMILES string of the molecule is CCC(=O)N1CCC2(CC1)CN(CC1CCN(CC(C)C)CC1)C2. The molecule has 1 amide bonds. The molecule has 3 saturated heterocycles. The third-order valence-electron chi connectivity index (χ3n) is 6.44. The van der Waals surface area contributed by atoms with Gasteiger partial charge in [-0.15, -0.1) is 0 Å². The average molecular weight is 336 g/mol. The average Bonchev–Trinajstić information content (AvgIpc) is 2.54. The van der Waals surface area contributed by atoms with Crippen molar-refractivity contribution in [2.45, 2.75) is 52.9 Å². The number of carbonyl (C=O) groups is 1. The summed E-state index contributed by atoms with van der Waals surface area (Å²) in [6.07, 6.45) is 5.88. The number of amides is 1. The molecule has 0 bridgehead atoms. The van der Waals surface area contributed by atoms with E-state index in [1.807, 2.05) is 6.92 Å². The van der Waals surface area contributed by atoms with Crippen LogP contribution in [0.25, 0.3) is 0 Å². The molecule has 0 N–H and O–H groups in total. The van der Waals surface area contributed by atoms with Crippen LogP contribution < -0.4 is 0 Å². The molecule has 3 fully saturated rings. The Morgan fingerprint density at radius 2 is 1.67 bits per heavy atom. The van der Waals surface area contributed by atoms with E-state index in [0.717, 1.165) is 24.9 Å². The molecule has 1 spiro atoms. The van der Waals surface area contributed by atoms with Gasteiger partial charge in [-0.05, 0) is 56.0 Å². The zero-order chi connectivity index (χ0) is 17.2. The molecular formula is C20H37N3O. The van der Waals surface area contributed by atoms with Gasteiger partial charge in [0.15, 0.2) is 0 Å². The fourth-order valence-corrected chi connectivity index (χ4v) is 5.03. The number of rotatable bonds is 5. The highest BCUT2D eigenvalue weighted by Crippen LogP contribution is 2.41. The molecule has 138 valence electrons. The van der Waals surface area contributed by atoms with Crippen molar-refractivity contribution in [2.75, 3.05) is 52.4 Å². The second kappa shape index (κ2) is 7.74. The van der Waals surface area contributed by atoms with E-state index in [1.54, 1.807) is 0 Å². The largest absolute Gasteiger partial charge is 0.343 e. The maximum Gasteiger partial charge on any atom is 0.222 e. The van der Waals surface area contributed by atoms with Gasteiger partial charge in [-0.2, -0.15) is 0 Å². The van der Waals surface area contributed by atoms with Crippen molar-refractivity contribution in [3.63, 3.8) is 0 Å². The molecule has 0 aromatic heterocycles. The van der Waals surface area contributed by atoms with Crippen molar-refractivity contribution in [3.8, 4) is 0 Å². The van der Waals surface area contributed by atoms with Gasteiger partial charge < -0.3 is 14.7 Å². The highest BCUT2D eigenvalue weighted by molar-refractivity contribution is 5.75. The van der Waals surface area contributed by atoms with E-state index in [1.165, 1.54) is 65.0 Å². The van der Waals surface area contributed by atoms with E-state index >= 15 is 0 Å². The molecular weight excluding hydrogens is 298 g/mol. The Balaban J connectivity index is 1.34. The standard InChI is InChI=1S/C20H37N3O/c1-4-19(24)23-11-7-20(8-12-23)15-22(16-20)14-18-5-9-21(10-6-18)13-17(2)3/h17-18H,4-16H2,1-3H3. The fourth-order valence-electron chi connectivity index (χ4n) is 5.03. The molecule has 3 heterocycles. The van der Waals surface area contributed by atoms with Gasteiger partial charge in [0, 0.05) is 45.7 Å². The summed E-state index contributed by atoms with van der Waals surface area (Å²) in [5.41, 5.74) is 0.545. The molecule has 0 aromatic carbocycles. The Labute approximate surface area is 148 Å². The molecule has 0 aromatic rings. The van der Waals surface area contributed by atoms with Crippen LogP contribution in [0.1, 0.15) is 52.9 Å². The molecule has 4 heteroatoms. The predicted molar refractivity (Wildman–Crippen MR) is 99.0 cm³/mol. The maximum absolute atomic E-state index is 11.8. The zero-order valence-corrected chi connectivity index (χ0v) is 16.1. The lowest BCUT2D eigenvalue weighted by atomic mass is 9.71. The van der Waals surface area contributed by atoms with Gasteiger partial charge in [0.2, 0.25) is 5.91 Å². The van der Waals surface area contributed by atoms with Crippen LogP contribution >= 0.6 is 0 Å². The van der Waals surface area contributed by atoms with Crippen LogP contribution in [0.5, 0.6) is 0 Å². The first kappa shape index (κ1) is 18.2. The molecule has 0 radical (unpaired) electrons. The van der Waals surface area contributed by atoms with E-state index in [4.69, 9.17) is 0 Å². The highest BCUT2D eigenvalue weighted by Gasteiger charge is 2.45. The molecule has 3 aliphatic rings. The van der Waals surface area contributed by atoms with Crippen LogP contribution in [0.15, 0.2) is 0 Å². The summed E-state index contributed by atoms with van der Waals surface area (Å²) in [7, 11) is 0. The van der Waals surface area contributed by atoms with Crippen LogP contribution in [0.4, 0.5) is 0 Å². The van der Waals surface area contributed by atoms with Gasteiger partial charge in [0.25, 0.3) is 0 Å². The Hall–Kier alpha value is -0.610. The van der Waals surface area contributed by atoms with E-state index in [2.05, 4.69) is 28.5 Å². The number of hydrogen-bond acceptors (Lipinski definition) is 3. The van der Waals surface area contributed by atoms with Gasteiger partial charge in [-0.25, -0.2) is 0 Å². The number of carbonyl (C=O) groups excluding carboxylic acids is 1. The molecule has 0 atom stereocenters. The van der Waals surface area contributed by atoms with Gasteiger partial charge in [-0.3, -0.25) is 4.79 Å². The predicted octanol–water partition coefficient (Wildman–Crippen LogP) is 2.69. The molecule has 0 aliphatic carbocycles. The third kappa shape index (κ3) is 4.32. The summed E-state index contributed by atoms with van der Waals surface area (Å²) in [6, 6.07) is 0. The van der Waals surface area contributed by atoms with E-state index < -0.39 is 0 Å². The maximum atomic E-state index is 11.8. The molecule has 0 saturated carbocycles. The smallest absolute Gasteiger partial charge is 0.222 e. The molecule has 3 rings (SSSR count). The van der Waals surface area contributed by atoms with Gasteiger partial charge in [0.05, 0.1) is 0 Å². The lowest BCUT2D eigenvalue weighted by molar-refractivity contribution is -0.136. The zero-order valence-electron chi connectivity index (χ0n) is 16.1. The van der Waals surface area contributed by atoms with Crippen molar-refractivity contribution in [3.05, 3.63) is 0 Å². The van der Waals surface area contributed by atoms with Crippen LogP contribution in [-0.2, 0) is 4.79 Å². The monoisotopic (exact) mass is 335 g/mol. The quantitative estimate of drug-likeness (QED) is 0.773. The first-order chi connectivity index (χ1) is 11.5. The molecule has 4 nitrogen and oxygen atoms in total. The number of piperidine rings is 2. The second-order valence-electron chi connectivity index (χ2n) is 9.04. The van der Waals surface area contributed by atoms with E-state index in [-0.39, 0.29) is 0 Å². The van der Waals surface area contributed by atoms with Crippen molar-refractivity contribution in [1.82, 2.24) is 14.7 Å². The van der Waals surface area contributed by atoms with Crippen molar-refractivity contribution in [2.24, 2.45) is 17.3 Å². The first-order valence-corrected chi connectivity index (χ1v) is 10.2. The summed E-state index contributed by atoms with van der Waals surface area (Å²) in [5, 5.41) is 0. The molecule has 0 unspecified atom stereocenters. The molecule has 3 aliphatic heterocycles. The lowest BCUT2D eigenvalue weighted by Gasteiger charge is -2.55. The summed E-state index contributed by atoms with van der Waals surface area (Å²) in [4.78, 5) is 19.2. The summed E-state index contributed by atoms with van der Waals surface area (Å²) >= 11 is 0. The summed E-state index contributed by atoms with van der Waals surface area (Å²) in [6.45, 7) is 16.4. The van der Waals surface area contributed by atoms with Gasteiger partial charge in [-0.1, -0.05) is 20.8 Å². The van der Waals surface area contributed by atoms with E-state index in [9.17, 15) is 4.79 Å².